The molecule has 0 radical (unpaired) electrons. The Balaban J connectivity index is 2.38. The van der Waals surface area contributed by atoms with E-state index < -0.39 is 14.6 Å². The monoisotopic (exact) mass is 309 g/mol. The lowest BCUT2D eigenvalue weighted by atomic mass is 10.2. The second-order valence-corrected chi connectivity index (χ2v) is 8.09. The summed E-state index contributed by atoms with van der Waals surface area (Å²) in [7, 11) is -3.19. The fraction of sp³-hybridized carbons (Fsp3) is 0.385. The Morgan fingerprint density at radius 2 is 1.90 bits per heavy atom. The molecular weight excluding hydrogens is 290 g/mol. The standard InChI is InChI=1S/C13H19N5O2S/c1-13(2,21(3,19)20)8-15-11-9-6-4-5-7-10(9)16-12(17-11)18-14/h4-7H,8,14H2,1-3H3,(H2,15,16,17,18). The van der Waals surface area contributed by atoms with Crippen molar-refractivity contribution in [2.75, 3.05) is 23.5 Å². The predicted octanol–water partition coefficient (Wildman–Crippen LogP) is 1.15. The molecule has 7 nitrogen and oxygen atoms in total. The van der Waals surface area contributed by atoms with Crippen molar-refractivity contribution in [2.24, 2.45) is 5.84 Å². The van der Waals surface area contributed by atoms with E-state index in [0.717, 1.165) is 10.9 Å². The molecular formula is C13H19N5O2S. The molecule has 0 unspecified atom stereocenters. The summed E-state index contributed by atoms with van der Waals surface area (Å²) in [5.74, 6) is 6.18. The number of nitrogens with zero attached hydrogens (tertiary/aromatic N) is 2. The number of sulfone groups is 1. The summed E-state index contributed by atoms with van der Waals surface area (Å²) in [5, 5.41) is 3.89. The zero-order valence-electron chi connectivity index (χ0n) is 12.2. The highest BCUT2D eigenvalue weighted by Crippen LogP contribution is 2.23. The zero-order valence-corrected chi connectivity index (χ0v) is 13.0. The summed E-state index contributed by atoms with van der Waals surface area (Å²) in [5.41, 5.74) is 3.13. The number of hydrazine groups is 1. The van der Waals surface area contributed by atoms with Gasteiger partial charge in [-0.3, -0.25) is 5.43 Å². The summed E-state index contributed by atoms with van der Waals surface area (Å²) in [6, 6.07) is 7.43. The molecule has 2 aromatic rings. The van der Waals surface area contributed by atoms with Gasteiger partial charge in [-0.05, 0) is 26.0 Å². The van der Waals surface area contributed by atoms with Gasteiger partial charge in [0.1, 0.15) is 5.82 Å². The van der Waals surface area contributed by atoms with Crippen LogP contribution in [0.25, 0.3) is 10.9 Å². The van der Waals surface area contributed by atoms with E-state index in [0.29, 0.717) is 5.82 Å². The van der Waals surface area contributed by atoms with Crippen molar-refractivity contribution in [1.82, 2.24) is 9.97 Å². The first-order valence-corrected chi connectivity index (χ1v) is 8.30. The van der Waals surface area contributed by atoms with Gasteiger partial charge in [0.15, 0.2) is 9.84 Å². The third-order valence-electron chi connectivity index (χ3n) is 3.42. The van der Waals surface area contributed by atoms with E-state index in [-0.39, 0.29) is 12.5 Å². The van der Waals surface area contributed by atoms with Gasteiger partial charge in [-0.1, -0.05) is 12.1 Å². The molecule has 1 aromatic heterocycles. The highest BCUT2D eigenvalue weighted by molar-refractivity contribution is 7.92. The first-order chi connectivity index (χ1) is 9.74. The quantitative estimate of drug-likeness (QED) is 0.561. The summed E-state index contributed by atoms with van der Waals surface area (Å²) < 4.78 is 22.6. The second-order valence-electron chi connectivity index (χ2n) is 5.44. The lowest BCUT2D eigenvalue weighted by Gasteiger charge is -2.23. The number of benzene rings is 1. The molecule has 0 atom stereocenters. The second kappa shape index (κ2) is 5.45. The number of anilines is 2. The first-order valence-electron chi connectivity index (χ1n) is 6.41. The van der Waals surface area contributed by atoms with E-state index in [2.05, 4.69) is 20.7 Å². The smallest absolute Gasteiger partial charge is 0.239 e. The number of aromatic nitrogens is 2. The average molecular weight is 309 g/mol. The molecule has 0 aliphatic carbocycles. The summed E-state index contributed by atoms with van der Waals surface area (Å²) in [6.07, 6.45) is 1.22. The maximum Gasteiger partial charge on any atom is 0.239 e. The third kappa shape index (κ3) is 3.22. The summed E-state index contributed by atoms with van der Waals surface area (Å²) >= 11 is 0. The van der Waals surface area contributed by atoms with Gasteiger partial charge in [-0.25, -0.2) is 19.2 Å². The molecule has 21 heavy (non-hydrogen) atoms. The lowest BCUT2D eigenvalue weighted by molar-refractivity contribution is 0.559. The van der Waals surface area contributed by atoms with Crippen molar-refractivity contribution in [2.45, 2.75) is 18.6 Å². The number of para-hydroxylation sites is 1. The Labute approximate surface area is 123 Å². The average Bonchev–Trinajstić information content (AvgIpc) is 2.43. The number of fused-ring (bicyclic) bond motifs is 1. The highest BCUT2D eigenvalue weighted by Gasteiger charge is 2.30. The molecule has 0 spiro atoms. The van der Waals surface area contributed by atoms with Crippen molar-refractivity contribution in [3.63, 3.8) is 0 Å². The molecule has 0 saturated heterocycles. The van der Waals surface area contributed by atoms with Gasteiger partial charge in [0, 0.05) is 18.2 Å². The van der Waals surface area contributed by atoms with Gasteiger partial charge in [0.25, 0.3) is 0 Å². The van der Waals surface area contributed by atoms with Crippen molar-refractivity contribution in [3.8, 4) is 0 Å². The van der Waals surface area contributed by atoms with Crippen LogP contribution in [0, 0.1) is 0 Å². The Bertz CT molecular complexity index is 758. The number of hydrogen-bond donors (Lipinski definition) is 3. The number of rotatable bonds is 5. The van der Waals surface area contributed by atoms with Crippen LogP contribution in [0.1, 0.15) is 13.8 Å². The van der Waals surface area contributed by atoms with Crippen molar-refractivity contribution >= 4 is 32.5 Å². The van der Waals surface area contributed by atoms with Crippen LogP contribution in [-0.2, 0) is 9.84 Å². The van der Waals surface area contributed by atoms with E-state index in [1.165, 1.54) is 6.26 Å². The Morgan fingerprint density at radius 1 is 1.24 bits per heavy atom. The normalized spacial score (nSPS) is 12.4. The fourth-order valence-corrected chi connectivity index (χ4v) is 2.04. The van der Waals surface area contributed by atoms with Gasteiger partial charge in [-0.15, -0.1) is 0 Å². The van der Waals surface area contributed by atoms with Crippen molar-refractivity contribution in [3.05, 3.63) is 24.3 Å². The number of hydrogen-bond acceptors (Lipinski definition) is 7. The van der Waals surface area contributed by atoms with E-state index >= 15 is 0 Å². The Morgan fingerprint density at radius 3 is 2.52 bits per heavy atom. The molecule has 0 aliphatic rings. The molecule has 0 saturated carbocycles. The minimum Gasteiger partial charge on any atom is -0.368 e. The van der Waals surface area contributed by atoms with Crippen LogP contribution in [0.2, 0.25) is 0 Å². The fourth-order valence-electron chi connectivity index (χ4n) is 1.70. The van der Waals surface area contributed by atoms with Crippen LogP contribution in [0.15, 0.2) is 24.3 Å². The maximum atomic E-state index is 11.8. The number of nitrogens with one attached hydrogen (secondary N) is 2. The van der Waals surface area contributed by atoms with Crippen LogP contribution >= 0.6 is 0 Å². The molecule has 0 bridgehead atoms. The number of nitrogens with two attached hydrogens (primary N) is 1. The summed E-state index contributed by atoms with van der Waals surface area (Å²) in [6.45, 7) is 3.57. The molecule has 8 heteroatoms. The third-order valence-corrected chi connectivity index (χ3v) is 5.57. The Hall–Kier alpha value is -1.93. The molecule has 114 valence electrons. The lowest BCUT2D eigenvalue weighted by Crippen LogP contribution is -2.38. The van der Waals surface area contributed by atoms with Crippen LogP contribution in [-0.4, -0.2) is 35.9 Å². The van der Waals surface area contributed by atoms with Gasteiger partial charge < -0.3 is 5.32 Å². The first kappa shape index (κ1) is 15.5. The van der Waals surface area contributed by atoms with Gasteiger partial charge in [-0.2, -0.15) is 4.98 Å². The van der Waals surface area contributed by atoms with Crippen LogP contribution in [0.3, 0.4) is 0 Å². The van der Waals surface area contributed by atoms with Crippen molar-refractivity contribution in [1.29, 1.82) is 0 Å². The molecule has 1 aromatic carbocycles. The van der Waals surface area contributed by atoms with Crippen LogP contribution < -0.4 is 16.6 Å². The predicted molar refractivity (Wildman–Crippen MR) is 84.8 cm³/mol. The minimum absolute atomic E-state index is 0.233. The topological polar surface area (TPSA) is 110 Å². The molecule has 0 fully saturated rings. The highest BCUT2D eigenvalue weighted by atomic mass is 32.2. The molecule has 2 rings (SSSR count). The van der Waals surface area contributed by atoms with Gasteiger partial charge in [0.2, 0.25) is 5.95 Å². The van der Waals surface area contributed by atoms with E-state index in [4.69, 9.17) is 5.84 Å². The zero-order chi connectivity index (χ0) is 15.7. The van der Waals surface area contributed by atoms with Crippen LogP contribution in [0.5, 0.6) is 0 Å². The van der Waals surface area contributed by atoms with E-state index in [9.17, 15) is 8.42 Å². The SMILES string of the molecule is CC(C)(CNc1nc(NN)nc2ccccc12)S(C)(=O)=O. The molecule has 4 N–H and O–H groups in total. The van der Waals surface area contributed by atoms with Crippen molar-refractivity contribution < 1.29 is 8.42 Å². The van der Waals surface area contributed by atoms with Gasteiger partial charge in [0.05, 0.1) is 10.3 Å². The minimum atomic E-state index is -3.19. The molecule has 1 heterocycles. The molecule has 0 aliphatic heterocycles. The van der Waals surface area contributed by atoms with E-state index in [1.54, 1.807) is 13.8 Å². The largest absolute Gasteiger partial charge is 0.368 e. The maximum absolute atomic E-state index is 11.8. The Kier molecular flexibility index (Phi) is 4.02. The molecule has 0 amide bonds. The number of nitrogen functional groups attached to an aromatic ring is 1. The van der Waals surface area contributed by atoms with Gasteiger partial charge >= 0.3 is 0 Å². The summed E-state index contributed by atoms with van der Waals surface area (Å²) in [4.78, 5) is 8.49. The van der Waals surface area contributed by atoms with Crippen LogP contribution in [0.4, 0.5) is 11.8 Å². The van der Waals surface area contributed by atoms with E-state index in [1.807, 2.05) is 24.3 Å².